The first-order valence-corrected chi connectivity index (χ1v) is 6.40. The molecule has 0 aliphatic heterocycles. The van der Waals surface area contributed by atoms with Crippen molar-refractivity contribution in [3.05, 3.63) is 28.8 Å². The lowest BCUT2D eigenvalue weighted by Gasteiger charge is -2.15. The molecule has 1 saturated carbocycles. The Labute approximate surface area is 111 Å². The number of rotatable bonds is 4. The van der Waals surface area contributed by atoms with Crippen molar-refractivity contribution in [2.75, 3.05) is 0 Å². The van der Waals surface area contributed by atoms with Crippen molar-refractivity contribution in [3.63, 3.8) is 0 Å². The van der Waals surface area contributed by atoms with E-state index in [1.165, 1.54) is 12.8 Å². The van der Waals surface area contributed by atoms with E-state index in [4.69, 9.17) is 27.2 Å². The van der Waals surface area contributed by atoms with Gasteiger partial charge in [0.15, 0.2) is 0 Å². The maximum atomic E-state index is 10.8. The van der Waals surface area contributed by atoms with Gasteiger partial charge in [0.05, 0.1) is 11.1 Å². The van der Waals surface area contributed by atoms with Crippen LogP contribution in [0.5, 0.6) is 5.75 Å². The van der Waals surface area contributed by atoms with E-state index in [1.807, 2.05) is 0 Å². The zero-order valence-electron chi connectivity index (χ0n) is 9.93. The quantitative estimate of drug-likeness (QED) is 0.881. The van der Waals surface area contributed by atoms with Crippen molar-refractivity contribution in [1.82, 2.24) is 0 Å². The third-order valence-electron chi connectivity index (χ3n) is 3.18. The van der Waals surface area contributed by atoms with Gasteiger partial charge in [0, 0.05) is 0 Å². The Morgan fingerprint density at radius 2 is 2.11 bits per heavy atom. The Bertz CT molecular complexity index is 444. The van der Waals surface area contributed by atoms with Crippen LogP contribution in [0.2, 0.25) is 5.02 Å². The second-order valence-corrected chi connectivity index (χ2v) is 4.94. The van der Waals surface area contributed by atoms with Gasteiger partial charge in [-0.25, -0.2) is 0 Å². The van der Waals surface area contributed by atoms with Crippen LogP contribution in [0.3, 0.4) is 0 Å². The lowest BCUT2D eigenvalue weighted by atomic mass is 10.1. The van der Waals surface area contributed by atoms with E-state index in [-0.39, 0.29) is 6.10 Å². The van der Waals surface area contributed by atoms with Gasteiger partial charge in [0.2, 0.25) is 0 Å². The zero-order chi connectivity index (χ0) is 13.1. The number of halogens is 1. The zero-order valence-corrected chi connectivity index (χ0v) is 10.7. The molecule has 1 unspecified atom stereocenters. The van der Waals surface area contributed by atoms with E-state index in [1.54, 1.807) is 18.2 Å². The Morgan fingerprint density at radius 1 is 1.44 bits per heavy atom. The monoisotopic (exact) mass is 269 g/mol. The van der Waals surface area contributed by atoms with Crippen molar-refractivity contribution >= 4 is 17.6 Å². The molecule has 5 heteroatoms. The van der Waals surface area contributed by atoms with Crippen LogP contribution in [0, 0.1) is 0 Å². The topological polar surface area (TPSA) is 72.6 Å². The van der Waals surface area contributed by atoms with Gasteiger partial charge in [-0.2, -0.15) is 0 Å². The van der Waals surface area contributed by atoms with Gasteiger partial charge in [-0.1, -0.05) is 17.7 Å². The Balaban J connectivity index is 2.11. The molecule has 0 bridgehead atoms. The molecule has 3 N–H and O–H groups in total. The van der Waals surface area contributed by atoms with Crippen LogP contribution in [0.25, 0.3) is 0 Å². The molecule has 98 valence electrons. The van der Waals surface area contributed by atoms with Crippen LogP contribution in [-0.4, -0.2) is 17.2 Å². The molecule has 0 spiro atoms. The molecular formula is C13H16ClNO3. The summed E-state index contributed by atoms with van der Waals surface area (Å²) < 4.78 is 5.78. The summed E-state index contributed by atoms with van der Waals surface area (Å²) in [6.45, 7) is 0. The second-order valence-electron chi connectivity index (χ2n) is 4.53. The van der Waals surface area contributed by atoms with Gasteiger partial charge in [0.25, 0.3) is 0 Å². The molecule has 1 aromatic rings. The molecule has 0 aromatic heterocycles. The lowest BCUT2D eigenvalue weighted by Crippen LogP contribution is -2.20. The number of ether oxygens (including phenoxy) is 1. The summed E-state index contributed by atoms with van der Waals surface area (Å²) in [4.78, 5) is 10.8. The molecule has 4 nitrogen and oxygen atoms in total. The van der Waals surface area contributed by atoms with Crippen LogP contribution in [0.15, 0.2) is 18.2 Å². The molecule has 1 aliphatic carbocycles. The number of carbonyl (C=O) groups is 1. The maximum Gasteiger partial charge on any atom is 0.325 e. The van der Waals surface area contributed by atoms with E-state index in [0.29, 0.717) is 16.3 Å². The third kappa shape index (κ3) is 2.94. The van der Waals surface area contributed by atoms with Crippen LogP contribution in [0.1, 0.15) is 37.3 Å². The maximum absolute atomic E-state index is 10.8. The number of hydrogen-bond acceptors (Lipinski definition) is 3. The highest BCUT2D eigenvalue weighted by atomic mass is 35.5. The second kappa shape index (κ2) is 5.59. The van der Waals surface area contributed by atoms with Crippen molar-refractivity contribution in [2.24, 2.45) is 5.73 Å². The predicted molar refractivity (Wildman–Crippen MR) is 68.9 cm³/mol. The highest BCUT2D eigenvalue weighted by Gasteiger charge is 2.19. The smallest absolute Gasteiger partial charge is 0.325 e. The molecule has 0 heterocycles. The van der Waals surface area contributed by atoms with Gasteiger partial charge in [0.1, 0.15) is 11.8 Å². The molecule has 2 rings (SSSR count). The average Bonchev–Trinajstić information content (AvgIpc) is 2.83. The van der Waals surface area contributed by atoms with Gasteiger partial charge in [-0.15, -0.1) is 0 Å². The largest absolute Gasteiger partial charge is 0.489 e. The first kappa shape index (κ1) is 13.2. The van der Waals surface area contributed by atoms with Crippen molar-refractivity contribution in [2.45, 2.75) is 37.8 Å². The summed E-state index contributed by atoms with van der Waals surface area (Å²) in [7, 11) is 0. The molecule has 0 radical (unpaired) electrons. The Kier molecular flexibility index (Phi) is 4.09. The van der Waals surface area contributed by atoms with E-state index in [2.05, 4.69) is 0 Å². The number of aliphatic carboxylic acids is 1. The Hall–Kier alpha value is -1.26. The predicted octanol–water partition coefficient (Wildman–Crippen LogP) is 2.75. The normalized spacial score (nSPS) is 17.7. The minimum Gasteiger partial charge on any atom is -0.489 e. The molecular weight excluding hydrogens is 254 g/mol. The van der Waals surface area contributed by atoms with Crippen LogP contribution < -0.4 is 10.5 Å². The number of carboxylic acids is 1. The lowest BCUT2D eigenvalue weighted by molar-refractivity contribution is -0.138. The Morgan fingerprint density at radius 3 is 2.67 bits per heavy atom. The summed E-state index contributed by atoms with van der Waals surface area (Å²) >= 11 is 6.08. The minimum atomic E-state index is -1.07. The average molecular weight is 270 g/mol. The molecule has 0 saturated heterocycles. The first-order chi connectivity index (χ1) is 8.58. The molecule has 1 fully saturated rings. The number of benzene rings is 1. The van der Waals surface area contributed by atoms with Gasteiger partial charge in [-0.05, 0) is 43.4 Å². The van der Waals surface area contributed by atoms with Gasteiger partial charge < -0.3 is 15.6 Å². The summed E-state index contributed by atoms with van der Waals surface area (Å²) in [5.41, 5.74) is 6.00. The summed E-state index contributed by atoms with van der Waals surface area (Å²) in [6, 6.07) is 3.85. The number of hydrogen-bond donors (Lipinski definition) is 2. The van der Waals surface area contributed by atoms with Crippen molar-refractivity contribution < 1.29 is 14.6 Å². The fourth-order valence-corrected chi connectivity index (χ4v) is 2.37. The third-order valence-corrected chi connectivity index (χ3v) is 3.47. The van der Waals surface area contributed by atoms with Crippen LogP contribution in [-0.2, 0) is 4.79 Å². The minimum absolute atomic E-state index is 0.224. The summed E-state index contributed by atoms with van der Waals surface area (Å²) in [6.07, 6.45) is 4.69. The summed E-state index contributed by atoms with van der Waals surface area (Å²) in [5, 5.41) is 9.24. The van der Waals surface area contributed by atoms with Gasteiger partial charge >= 0.3 is 5.97 Å². The van der Waals surface area contributed by atoms with Crippen LogP contribution >= 0.6 is 11.6 Å². The fourth-order valence-electron chi connectivity index (χ4n) is 2.13. The van der Waals surface area contributed by atoms with Crippen molar-refractivity contribution in [1.29, 1.82) is 0 Å². The SMILES string of the molecule is NC(C(=O)O)c1ccc(OC2CCCC2)c(Cl)c1. The van der Waals surface area contributed by atoms with Crippen molar-refractivity contribution in [3.8, 4) is 5.75 Å². The standard InChI is InChI=1S/C13H16ClNO3/c14-10-7-8(12(15)13(16)17)5-6-11(10)18-9-3-1-2-4-9/h5-7,9,12H,1-4,15H2,(H,16,17). The molecule has 0 amide bonds. The van der Waals surface area contributed by atoms with Crippen LogP contribution in [0.4, 0.5) is 0 Å². The molecule has 1 atom stereocenters. The van der Waals surface area contributed by atoms with E-state index >= 15 is 0 Å². The molecule has 1 aromatic carbocycles. The molecule has 18 heavy (non-hydrogen) atoms. The van der Waals surface area contributed by atoms with E-state index in [0.717, 1.165) is 12.8 Å². The van der Waals surface area contributed by atoms with E-state index < -0.39 is 12.0 Å². The van der Waals surface area contributed by atoms with E-state index in [9.17, 15) is 4.79 Å². The molecule has 1 aliphatic rings. The number of nitrogens with two attached hydrogens (primary N) is 1. The summed E-state index contributed by atoms with van der Waals surface area (Å²) in [5.74, 6) is -0.472. The first-order valence-electron chi connectivity index (χ1n) is 6.02. The highest BCUT2D eigenvalue weighted by Crippen LogP contribution is 2.31. The van der Waals surface area contributed by atoms with Gasteiger partial charge in [-0.3, -0.25) is 4.79 Å². The number of carboxylic acid groups (broad SMARTS) is 1. The highest BCUT2D eigenvalue weighted by molar-refractivity contribution is 6.32. The fraction of sp³-hybridized carbons (Fsp3) is 0.462.